The maximum atomic E-state index is 13.4. The molecule has 0 saturated carbocycles. The van der Waals surface area contributed by atoms with E-state index in [4.69, 9.17) is 28.4 Å². The fraction of sp³-hybridized carbons (Fsp3) is 0.892. The second-order valence-electron chi connectivity index (χ2n) is 23.9. The molecule has 19 heteroatoms. The van der Waals surface area contributed by atoms with Gasteiger partial charge >= 0.3 is 0 Å². The standard InChI is InChI=1S/C65H119NO18/c1-3-5-7-9-11-13-15-17-19-21-23-24-25-26-28-30-32-34-36-38-40-42-49(70)48(66-53(71)43-41-39-37-35-33-31-29-27-22-20-18-16-14-12-10-8-6-4-2)47-79-63-59(77)56(74)61(51(45-68)81-63)84-65-60(78)57(75)62(52(46-69)82-65)83-64-58(76)55(73)54(72)50(44-67)80-64/h20,22,32,34,40,42,48-52,54-65,67-70,72-78H,3-19,21,23-31,33,35-39,41,43-47H2,1-2H3,(H,66,71)/b22-20-,34-32+,42-40+. The first-order chi connectivity index (χ1) is 40.8. The van der Waals surface area contributed by atoms with Crippen molar-refractivity contribution in [3.63, 3.8) is 0 Å². The monoisotopic (exact) mass is 1200 g/mol. The quantitative estimate of drug-likeness (QED) is 0.0205. The molecule has 0 spiro atoms. The summed E-state index contributed by atoms with van der Waals surface area (Å²) < 4.78 is 34.3. The van der Waals surface area contributed by atoms with E-state index in [1.54, 1.807) is 6.08 Å². The number of nitrogens with one attached hydrogen (secondary N) is 1. The van der Waals surface area contributed by atoms with Gasteiger partial charge in [0.15, 0.2) is 18.9 Å². The molecule has 3 rings (SSSR count). The van der Waals surface area contributed by atoms with E-state index in [0.29, 0.717) is 12.8 Å². The summed E-state index contributed by atoms with van der Waals surface area (Å²) in [6.07, 6.45) is 26.9. The lowest BCUT2D eigenvalue weighted by Gasteiger charge is -2.48. The zero-order chi connectivity index (χ0) is 61.2. The maximum Gasteiger partial charge on any atom is 0.220 e. The van der Waals surface area contributed by atoms with Gasteiger partial charge in [-0.3, -0.25) is 4.79 Å². The maximum absolute atomic E-state index is 13.4. The third-order valence-electron chi connectivity index (χ3n) is 16.7. The van der Waals surface area contributed by atoms with Crippen molar-refractivity contribution in [2.45, 2.75) is 343 Å². The zero-order valence-corrected chi connectivity index (χ0v) is 51.6. The smallest absolute Gasteiger partial charge is 0.220 e. The predicted octanol–water partition coefficient (Wildman–Crippen LogP) is 7.66. The number of ether oxygens (including phenoxy) is 6. The van der Waals surface area contributed by atoms with E-state index in [0.717, 1.165) is 51.4 Å². The van der Waals surface area contributed by atoms with E-state index in [9.17, 15) is 61.0 Å². The summed E-state index contributed by atoms with van der Waals surface area (Å²) in [5, 5.41) is 120. The zero-order valence-electron chi connectivity index (χ0n) is 51.6. The van der Waals surface area contributed by atoms with Crippen LogP contribution in [0.15, 0.2) is 36.5 Å². The highest BCUT2D eigenvalue weighted by atomic mass is 16.8. The van der Waals surface area contributed by atoms with Crippen LogP contribution in [0.5, 0.6) is 0 Å². The van der Waals surface area contributed by atoms with Crippen molar-refractivity contribution < 1.29 is 89.4 Å². The Bertz CT molecular complexity index is 1670. The topological polar surface area (TPSA) is 307 Å². The molecule has 1 amide bonds. The number of rotatable bonds is 50. The molecule has 3 aliphatic rings. The molecule has 0 radical (unpaired) electrons. The minimum atomic E-state index is -1.98. The molecule has 0 aliphatic carbocycles. The Kier molecular flexibility index (Phi) is 43.5. The van der Waals surface area contributed by atoms with Crippen molar-refractivity contribution in [1.29, 1.82) is 0 Å². The number of carbonyl (C=O) groups is 1. The molecular formula is C65H119NO18. The molecule has 84 heavy (non-hydrogen) atoms. The van der Waals surface area contributed by atoms with Gasteiger partial charge in [0.1, 0.15) is 73.2 Å². The van der Waals surface area contributed by atoms with Crippen molar-refractivity contribution >= 4 is 5.91 Å². The highest BCUT2D eigenvalue weighted by Gasteiger charge is 2.53. The Balaban J connectivity index is 1.48. The fourth-order valence-corrected chi connectivity index (χ4v) is 11.2. The number of aliphatic hydroxyl groups excluding tert-OH is 11. The lowest BCUT2D eigenvalue weighted by Crippen LogP contribution is -2.66. The molecule has 17 atom stereocenters. The summed E-state index contributed by atoms with van der Waals surface area (Å²) in [6, 6.07) is -0.991. The molecule has 3 saturated heterocycles. The van der Waals surface area contributed by atoms with Gasteiger partial charge in [0, 0.05) is 6.42 Å². The average molecular weight is 1200 g/mol. The summed E-state index contributed by atoms with van der Waals surface area (Å²) in [4.78, 5) is 13.4. The second kappa shape index (κ2) is 47.9. The second-order valence-corrected chi connectivity index (χ2v) is 23.9. The molecule has 3 aliphatic heterocycles. The van der Waals surface area contributed by atoms with E-state index >= 15 is 0 Å². The summed E-state index contributed by atoms with van der Waals surface area (Å²) in [6.45, 7) is 1.72. The number of unbranched alkanes of at least 4 members (excludes halogenated alkanes) is 30. The highest BCUT2D eigenvalue weighted by Crippen LogP contribution is 2.33. The predicted molar refractivity (Wildman–Crippen MR) is 323 cm³/mol. The molecule has 12 N–H and O–H groups in total. The van der Waals surface area contributed by atoms with Gasteiger partial charge in [-0.2, -0.15) is 0 Å². The number of hydrogen-bond acceptors (Lipinski definition) is 18. The minimum Gasteiger partial charge on any atom is -0.394 e. The summed E-state index contributed by atoms with van der Waals surface area (Å²) >= 11 is 0. The molecular weight excluding hydrogens is 1080 g/mol. The van der Waals surface area contributed by atoms with E-state index < -0.39 is 124 Å². The van der Waals surface area contributed by atoms with Crippen molar-refractivity contribution in [3.05, 3.63) is 36.5 Å². The van der Waals surface area contributed by atoms with Gasteiger partial charge in [-0.1, -0.05) is 211 Å². The third-order valence-corrected chi connectivity index (χ3v) is 16.7. The number of aliphatic hydroxyl groups is 11. The van der Waals surface area contributed by atoms with Crippen LogP contribution in [-0.4, -0.2) is 193 Å². The molecule has 3 fully saturated rings. The molecule has 0 aromatic carbocycles. The van der Waals surface area contributed by atoms with E-state index in [1.165, 1.54) is 154 Å². The van der Waals surface area contributed by atoms with E-state index in [1.807, 2.05) is 6.08 Å². The van der Waals surface area contributed by atoms with Crippen molar-refractivity contribution in [3.8, 4) is 0 Å². The summed E-state index contributed by atoms with van der Waals surface area (Å²) in [7, 11) is 0. The Morgan fingerprint density at radius 1 is 0.417 bits per heavy atom. The number of amides is 1. The lowest BCUT2D eigenvalue weighted by molar-refractivity contribution is -0.379. The fourth-order valence-electron chi connectivity index (χ4n) is 11.2. The van der Waals surface area contributed by atoms with Crippen LogP contribution in [0.4, 0.5) is 0 Å². The number of hydrogen-bond donors (Lipinski definition) is 12. The van der Waals surface area contributed by atoms with Crippen LogP contribution in [0, 0.1) is 0 Å². The molecule has 0 bridgehead atoms. The number of carbonyl (C=O) groups excluding carboxylic acids is 1. The van der Waals surface area contributed by atoms with Crippen molar-refractivity contribution in [1.82, 2.24) is 5.32 Å². The van der Waals surface area contributed by atoms with Crippen LogP contribution < -0.4 is 5.32 Å². The van der Waals surface area contributed by atoms with Crippen LogP contribution in [0.3, 0.4) is 0 Å². The Labute approximate surface area is 504 Å². The van der Waals surface area contributed by atoms with Gasteiger partial charge in [-0.25, -0.2) is 0 Å². The first kappa shape index (κ1) is 76.3. The van der Waals surface area contributed by atoms with Gasteiger partial charge in [-0.15, -0.1) is 0 Å². The third kappa shape index (κ3) is 30.5. The van der Waals surface area contributed by atoms with Crippen LogP contribution >= 0.6 is 0 Å². The number of allylic oxidation sites excluding steroid dienone is 5. The Hall–Kier alpha value is -1.99. The molecule has 17 unspecified atom stereocenters. The highest BCUT2D eigenvalue weighted by molar-refractivity contribution is 5.76. The van der Waals surface area contributed by atoms with Gasteiger partial charge < -0.3 is 89.9 Å². The summed E-state index contributed by atoms with van der Waals surface area (Å²) in [5.41, 5.74) is 0. The van der Waals surface area contributed by atoms with E-state index in [2.05, 4.69) is 43.5 Å². The lowest BCUT2D eigenvalue weighted by atomic mass is 9.96. The van der Waals surface area contributed by atoms with Gasteiger partial charge in [0.05, 0.1) is 38.6 Å². The van der Waals surface area contributed by atoms with Gasteiger partial charge in [-0.05, 0) is 57.8 Å². The minimum absolute atomic E-state index is 0.231. The molecule has 492 valence electrons. The molecule has 0 aromatic rings. The SMILES string of the molecule is CCCCCCCCC/C=C\CCCCCCCCCC(=O)NC(COC1OC(CO)C(OC2OC(CO)C(OC3OC(CO)C(O)C(O)C3O)C(O)C2O)C(O)C1O)C(O)/C=C/CC/C=C/CCCCCCCCCCCCCCCCC. The van der Waals surface area contributed by atoms with Gasteiger partial charge in [0.2, 0.25) is 5.91 Å². The average Bonchev–Trinajstić information content (AvgIpc) is 2.97. The Morgan fingerprint density at radius 3 is 1.19 bits per heavy atom. The largest absolute Gasteiger partial charge is 0.394 e. The molecule has 0 aromatic heterocycles. The Morgan fingerprint density at radius 2 is 0.762 bits per heavy atom. The van der Waals surface area contributed by atoms with Gasteiger partial charge in [0.25, 0.3) is 0 Å². The first-order valence-electron chi connectivity index (χ1n) is 33.2. The van der Waals surface area contributed by atoms with Crippen molar-refractivity contribution in [2.75, 3.05) is 26.4 Å². The van der Waals surface area contributed by atoms with Crippen LogP contribution in [-0.2, 0) is 33.2 Å². The van der Waals surface area contributed by atoms with E-state index in [-0.39, 0.29) is 18.9 Å². The van der Waals surface area contributed by atoms with Crippen LogP contribution in [0.25, 0.3) is 0 Å². The molecule has 19 nitrogen and oxygen atoms in total. The van der Waals surface area contributed by atoms with Crippen molar-refractivity contribution in [2.24, 2.45) is 0 Å². The summed E-state index contributed by atoms with van der Waals surface area (Å²) in [5.74, 6) is -0.289. The van der Waals surface area contributed by atoms with Crippen LogP contribution in [0.2, 0.25) is 0 Å². The first-order valence-corrected chi connectivity index (χ1v) is 33.2. The normalized spacial score (nSPS) is 29.4. The van der Waals surface area contributed by atoms with Crippen LogP contribution in [0.1, 0.15) is 239 Å². The molecule has 3 heterocycles.